The fourth-order valence-electron chi connectivity index (χ4n) is 2.55. The zero-order valence-corrected chi connectivity index (χ0v) is 14.3. The molecule has 24 heavy (non-hydrogen) atoms. The maximum Gasteiger partial charge on any atom is 0.117 e. The summed E-state index contributed by atoms with van der Waals surface area (Å²) in [6.07, 6.45) is 1.10. The van der Waals surface area contributed by atoms with E-state index in [9.17, 15) is 0 Å². The zero-order chi connectivity index (χ0) is 16.8. The highest BCUT2D eigenvalue weighted by atomic mass is 15.5. The summed E-state index contributed by atoms with van der Waals surface area (Å²) in [6.45, 7) is 5.79. The van der Waals surface area contributed by atoms with Gasteiger partial charge in [-0.05, 0) is 18.9 Å². The Morgan fingerprint density at radius 2 is 1.62 bits per heavy atom. The van der Waals surface area contributed by atoms with Crippen molar-refractivity contribution in [2.45, 2.75) is 39.4 Å². The number of nitrogens with one attached hydrogen (secondary N) is 1. The fraction of sp³-hybridized carbons (Fsp3) is 0.300. The standard InChI is InChI=1S/C20H24N4/c1-3-16(2)21-14-19-20(18-12-8-5-9-13-18)23-24(22-19)15-17-10-6-4-7-11-17/h4-13,16,21H,3,14-15H2,1-2H3/t16-/m1/s1. The Labute approximate surface area is 143 Å². The number of hydrogen-bond donors (Lipinski definition) is 1. The van der Waals surface area contributed by atoms with Crippen LogP contribution in [0.25, 0.3) is 11.3 Å². The number of benzene rings is 2. The summed E-state index contributed by atoms with van der Waals surface area (Å²) < 4.78 is 0. The van der Waals surface area contributed by atoms with Gasteiger partial charge in [-0.15, -0.1) is 0 Å². The van der Waals surface area contributed by atoms with E-state index in [0.717, 1.165) is 29.9 Å². The lowest BCUT2D eigenvalue weighted by molar-refractivity contribution is 0.520. The van der Waals surface area contributed by atoms with E-state index in [2.05, 4.69) is 43.4 Å². The van der Waals surface area contributed by atoms with Crippen LogP contribution in [0.15, 0.2) is 60.7 Å². The number of nitrogens with zero attached hydrogens (tertiary/aromatic N) is 3. The summed E-state index contributed by atoms with van der Waals surface area (Å²) >= 11 is 0. The van der Waals surface area contributed by atoms with Crippen molar-refractivity contribution in [1.82, 2.24) is 20.3 Å². The molecule has 0 aliphatic carbocycles. The third kappa shape index (κ3) is 4.09. The molecule has 0 aliphatic heterocycles. The lowest BCUT2D eigenvalue weighted by atomic mass is 10.1. The Balaban J connectivity index is 1.87. The molecule has 2 aromatic carbocycles. The molecule has 3 rings (SSSR count). The van der Waals surface area contributed by atoms with Crippen molar-refractivity contribution in [3.8, 4) is 11.3 Å². The van der Waals surface area contributed by atoms with Crippen LogP contribution in [0.5, 0.6) is 0 Å². The molecular formula is C20H24N4. The van der Waals surface area contributed by atoms with E-state index in [1.165, 1.54) is 5.56 Å². The lowest BCUT2D eigenvalue weighted by Gasteiger charge is -2.10. The Bertz CT molecular complexity index is 750. The van der Waals surface area contributed by atoms with Crippen LogP contribution in [0.2, 0.25) is 0 Å². The quantitative estimate of drug-likeness (QED) is 0.718. The van der Waals surface area contributed by atoms with Gasteiger partial charge in [-0.25, -0.2) is 0 Å². The topological polar surface area (TPSA) is 42.7 Å². The molecule has 1 aromatic heterocycles. The normalized spacial score (nSPS) is 12.2. The summed E-state index contributed by atoms with van der Waals surface area (Å²) in [6, 6.07) is 21.1. The van der Waals surface area contributed by atoms with E-state index in [1.807, 2.05) is 36.4 Å². The first kappa shape index (κ1) is 16.4. The van der Waals surface area contributed by atoms with E-state index in [1.54, 1.807) is 4.80 Å². The summed E-state index contributed by atoms with van der Waals surface area (Å²) in [5.74, 6) is 0. The molecule has 124 valence electrons. The molecule has 0 fully saturated rings. The minimum atomic E-state index is 0.466. The van der Waals surface area contributed by atoms with Crippen LogP contribution in [0.3, 0.4) is 0 Å². The van der Waals surface area contributed by atoms with Crippen molar-refractivity contribution >= 4 is 0 Å². The van der Waals surface area contributed by atoms with Crippen molar-refractivity contribution in [2.24, 2.45) is 0 Å². The monoisotopic (exact) mass is 320 g/mol. The van der Waals surface area contributed by atoms with E-state index in [0.29, 0.717) is 12.6 Å². The van der Waals surface area contributed by atoms with Crippen LogP contribution >= 0.6 is 0 Å². The van der Waals surface area contributed by atoms with Crippen LogP contribution in [-0.4, -0.2) is 21.0 Å². The van der Waals surface area contributed by atoms with Crippen molar-refractivity contribution in [3.05, 3.63) is 71.9 Å². The highest BCUT2D eigenvalue weighted by Crippen LogP contribution is 2.20. The average Bonchev–Trinajstić information content (AvgIpc) is 3.04. The smallest absolute Gasteiger partial charge is 0.117 e. The van der Waals surface area contributed by atoms with Gasteiger partial charge >= 0.3 is 0 Å². The largest absolute Gasteiger partial charge is 0.309 e. The van der Waals surface area contributed by atoms with E-state index >= 15 is 0 Å². The molecular weight excluding hydrogens is 296 g/mol. The average molecular weight is 320 g/mol. The first-order valence-electron chi connectivity index (χ1n) is 8.53. The van der Waals surface area contributed by atoms with Gasteiger partial charge in [0.15, 0.2) is 0 Å². The van der Waals surface area contributed by atoms with Gasteiger partial charge in [0.2, 0.25) is 0 Å². The molecule has 0 bridgehead atoms. The lowest BCUT2D eigenvalue weighted by Crippen LogP contribution is -2.25. The summed E-state index contributed by atoms with van der Waals surface area (Å²) in [5.41, 5.74) is 4.27. The molecule has 0 spiro atoms. The van der Waals surface area contributed by atoms with Crippen LogP contribution in [0.4, 0.5) is 0 Å². The number of hydrogen-bond acceptors (Lipinski definition) is 3. The molecule has 4 nitrogen and oxygen atoms in total. The fourth-order valence-corrected chi connectivity index (χ4v) is 2.55. The first-order valence-corrected chi connectivity index (χ1v) is 8.53. The molecule has 1 heterocycles. The van der Waals surface area contributed by atoms with Crippen molar-refractivity contribution in [2.75, 3.05) is 0 Å². The molecule has 1 N–H and O–H groups in total. The van der Waals surface area contributed by atoms with Gasteiger partial charge in [0.25, 0.3) is 0 Å². The summed E-state index contributed by atoms with van der Waals surface area (Å²) in [5, 5.41) is 13.0. The molecule has 0 radical (unpaired) electrons. The molecule has 0 saturated heterocycles. The first-order chi connectivity index (χ1) is 11.8. The van der Waals surface area contributed by atoms with Gasteiger partial charge < -0.3 is 5.32 Å². The van der Waals surface area contributed by atoms with Crippen LogP contribution < -0.4 is 5.32 Å². The molecule has 4 heteroatoms. The second kappa shape index (κ2) is 7.88. The zero-order valence-electron chi connectivity index (χ0n) is 14.3. The molecule has 0 aliphatic rings. The van der Waals surface area contributed by atoms with Crippen molar-refractivity contribution < 1.29 is 0 Å². The van der Waals surface area contributed by atoms with Gasteiger partial charge in [-0.3, -0.25) is 0 Å². The second-order valence-electron chi connectivity index (χ2n) is 6.07. The van der Waals surface area contributed by atoms with Crippen LogP contribution in [0, 0.1) is 0 Å². The maximum atomic E-state index is 4.75. The minimum Gasteiger partial charge on any atom is -0.309 e. The predicted octanol–water partition coefficient (Wildman–Crippen LogP) is 3.88. The summed E-state index contributed by atoms with van der Waals surface area (Å²) in [4.78, 5) is 1.80. The Hall–Kier alpha value is -2.46. The molecule has 3 aromatic rings. The van der Waals surface area contributed by atoms with E-state index < -0.39 is 0 Å². The van der Waals surface area contributed by atoms with Crippen LogP contribution in [-0.2, 0) is 13.1 Å². The Kier molecular flexibility index (Phi) is 5.39. The Morgan fingerprint density at radius 1 is 0.958 bits per heavy atom. The highest BCUT2D eigenvalue weighted by Gasteiger charge is 2.14. The van der Waals surface area contributed by atoms with E-state index in [4.69, 9.17) is 10.2 Å². The predicted molar refractivity (Wildman–Crippen MR) is 97.6 cm³/mol. The van der Waals surface area contributed by atoms with E-state index in [-0.39, 0.29) is 0 Å². The SMILES string of the molecule is CC[C@@H](C)NCc1nn(Cc2ccccc2)nc1-c1ccccc1. The highest BCUT2D eigenvalue weighted by molar-refractivity contribution is 5.60. The third-order valence-corrected chi connectivity index (χ3v) is 4.17. The molecule has 0 amide bonds. The number of aromatic nitrogens is 3. The maximum absolute atomic E-state index is 4.75. The summed E-state index contributed by atoms with van der Waals surface area (Å²) in [7, 11) is 0. The minimum absolute atomic E-state index is 0.466. The molecule has 0 unspecified atom stereocenters. The van der Waals surface area contributed by atoms with Gasteiger partial charge in [0.05, 0.1) is 6.54 Å². The second-order valence-corrected chi connectivity index (χ2v) is 6.07. The van der Waals surface area contributed by atoms with Gasteiger partial charge in [-0.1, -0.05) is 67.6 Å². The van der Waals surface area contributed by atoms with Crippen molar-refractivity contribution in [3.63, 3.8) is 0 Å². The Morgan fingerprint density at radius 3 is 2.29 bits per heavy atom. The van der Waals surface area contributed by atoms with Gasteiger partial charge in [0, 0.05) is 18.2 Å². The van der Waals surface area contributed by atoms with Gasteiger partial charge in [-0.2, -0.15) is 15.0 Å². The van der Waals surface area contributed by atoms with Crippen molar-refractivity contribution in [1.29, 1.82) is 0 Å². The molecule has 1 atom stereocenters. The third-order valence-electron chi connectivity index (χ3n) is 4.17. The molecule has 0 saturated carbocycles. The van der Waals surface area contributed by atoms with Gasteiger partial charge in [0.1, 0.15) is 11.4 Å². The number of rotatable bonds is 7. The van der Waals surface area contributed by atoms with Crippen LogP contribution in [0.1, 0.15) is 31.5 Å².